The van der Waals surface area contributed by atoms with Crippen LogP contribution in [0.4, 0.5) is 0 Å². The van der Waals surface area contributed by atoms with Gasteiger partial charge in [0.05, 0.1) is 0 Å². The lowest BCUT2D eigenvalue weighted by Gasteiger charge is -1.88. The molecule has 0 bridgehead atoms. The van der Waals surface area contributed by atoms with Gasteiger partial charge in [-0.1, -0.05) is 0 Å². The molecule has 0 spiro atoms. The third-order valence-electron chi connectivity index (χ3n) is 1.71. The van der Waals surface area contributed by atoms with E-state index in [1.807, 2.05) is 12.1 Å². The Bertz CT molecular complexity index is 406. The van der Waals surface area contributed by atoms with Crippen molar-refractivity contribution in [2.75, 3.05) is 0 Å². The van der Waals surface area contributed by atoms with E-state index in [0.717, 1.165) is 11.1 Å². The summed E-state index contributed by atoms with van der Waals surface area (Å²) in [5.41, 5.74) is 0.707. The van der Waals surface area contributed by atoms with Crippen LogP contribution < -0.4 is 0 Å². The summed E-state index contributed by atoms with van der Waals surface area (Å²) in [6.07, 6.45) is 0. The van der Waals surface area contributed by atoms with E-state index in [1.54, 1.807) is 12.1 Å². The number of fused-ring (bicyclic) bond motifs is 1. The van der Waals surface area contributed by atoms with Gasteiger partial charge in [-0.05, 0) is 18.2 Å². The summed E-state index contributed by atoms with van der Waals surface area (Å²) >= 11 is 4.09. The number of phenols is 1. The predicted octanol–water partition coefficient (Wildman–Crippen LogP) is 2.57. The zero-order valence-corrected chi connectivity index (χ0v) is 7.21. The van der Waals surface area contributed by atoms with Crippen LogP contribution in [0.15, 0.2) is 28.7 Å². The number of benzene rings is 1. The summed E-state index contributed by atoms with van der Waals surface area (Å²) in [7, 11) is 0. The first-order valence-electron chi connectivity index (χ1n) is 3.62. The Hall–Kier alpha value is -1.09. The van der Waals surface area contributed by atoms with Gasteiger partial charge in [-0.15, -0.1) is 0 Å². The molecule has 0 unspecified atom stereocenters. The molecule has 2 rings (SSSR count). The summed E-state index contributed by atoms with van der Waals surface area (Å²) in [5.74, 6) is 1.62. The Balaban J connectivity index is 2.67. The van der Waals surface area contributed by atoms with Crippen LogP contribution in [0.25, 0.3) is 11.0 Å². The quantitative estimate of drug-likeness (QED) is 0.661. The van der Waals surface area contributed by atoms with E-state index in [1.165, 1.54) is 0 Å². The van der Waals surface area contributed by atoms with Crippen molar-refractivity contribution in [3.05, 3.63) is 30.0 Å². The molecule has 0 aliphatic heterocycles. The maximum atomic E-state index is 9.13. The molecule has 2 nitrogen and oxygen atoms in total. The molecule has 0 aliphatic rings. The van der Waals surface area contributed by atoms with Crippen molar-refractivity contribution in [3.63, 3.8) is 0 Å². The van der Waals surface area contributed by atoms with Gasteiger partial charge in [0.25, 0.3) is 0 Å². The molecular formula is C9H8O2S. The third-order valence-corrected chi connectivity index (χ3v) is 2.02. The minimum absolute atomic E-state index is 0.225. The molecule has 2 aromatic rings. The summed E-state index contributed by atoms with van der Waals surface area (Å²) in [6.45, 7) is 0. The molecular weight excluding hydrogens is 172 g/mol. The van der Waals surface area contributed by atoms with E-state index >= 15 is 0 Å². The highest BCUT2D eigenvalue weighted by molar-refractivity contribution is 7.79. The van der Waals surface area contributed by atoms with Gasteiger partial charge in [0, 0.05) is 17.2 Å². The maximum absolute atomic E-state index is 9.13. The van der Waals surface area contributed by atoms with Crippen molar-refractivity contribution in [2.24, 2.45) is 0 Å². The molecule has 1 aromatic carbocycles. The molecule has 1 aromatic heterocycles. The second kappa shape index (κ2) is 2.75. The first kappa shape index (κ1) is 7.55. The molecule has 0 radical (unpaired) electrons. The van der Waals surface area contributed by atoms with Gasteiger partial charge >= 0.3 is 0 Å². The fourth-order valence-corrected chi connectivity index (χ4v) is 1.31. The first-order chi connectivity index (χ1) is 5.79. The molecule has 12 heavy (non-hydrogen) atoms. The topological polar surface area (TPSA) is 33.4 Å². The van der Waals surface area contributed by atoms with Crippen LogP contribution in [0.3, 0.4) is 0 Å². The lowest BCUT2D eigenvalue weighted by molar-refractivity contribution is 0.474. The van der Waals surface area contributed by atoms with Crippen LogP contribution in [0.2, 0.25) is 0 Å². The predicted molar refractivity (Wildman–Crippen MR) is 50.6 cm³/mol. The Morgan fingerprint density at radius 3 is 2.92 bits per heavy atom. The molecule has 62 valence electrons. The highest BCUT2D eigenvalue weighted by atomic mass is 32.1. The van der Waals surface area contributed by atoms with Gasteiger partial charge in [0.2, 0.25) is 0 Å². The third kappa shape index (κ3) is 1.16. The highest BCUT2D eigenvalue weighted by Gasteiger charge is 2.01. The van der Waals surface area contributed by atoms with E-state index in [9.17, 15) is 0 Å². The van der Waals surface area contributed by atoms with Crippen molar-refractivity contribution in [2.45, 2.75) is 5.75 Å². The van der Waals surface area contributed by atoms with Crippen molar-refractivity contribution in [1.82, 2.24) is 0 Å². The van der Waals surface area contributed by atoms with Crippen molar-refractivity contribution in [3.8, 4) is 5.75 Å². The second-order valence-electron chi connectivity index (χ2n) is 2.59. The Labute approximate surface area is 75.2 Å². The van der Waals surface area contributed by atoms with Gasteiger partial charge in [0.1, 0.15) is 17.1 Å². The van der Waals surface area contributed by atoms with E-state index in [2.05, 4.69) is 12.6 Å². The second-order valence-corrected chi connectivity index (χ2v) is 2.91. The Morgan fingerprint density at radius 2 is 2.17 bits per heavy atom. The summed E-state index contributed by atoms with van der Waals surface area (Å²) in [4.78, 5) is 0. The van der Waals surface area contributed by atoms with Crippen LogP contribution >= 0.6 is 12.6 Å². The number of thiol groups is 1. The van der Waals surface area contributed by atoms with Gasteiger partial charge in [-0.2, -0.15) is 12.6 Å². The van der Waals surface area contributed by atoms with Crippen LogP contribution in [0.1, 0.15) is 5.76 Å². The molecule has 0 atom stereocenters. The van der Waals surface area contributed by atoms with E-state index < -0.39 is 0 Å². The minimum atomic E-state index is 0.225. The molecule has 0 saturated heterocycles. The molecule has 0 saturated carbocycles. The van der Waals surface area contributed by atoms with Crippen LogP contribution in [0.5, 0.6) is 5.75 Å². The molecule has 0 aliphatic carbocycles. The van der Waals surface area contributed by atoms with E-state index in [-0.39, 0.29) is 5.75 Å². The number of phenolic OH excluding ortho intramolecular Hbond substituents is 1. The number of rotatable bonds is 1. The standard InChI is InChI=1S/C9H8O2S/c10-7-2-1-6-3-8(5-12)11-9(6)4-7/h1-4,10,12H,5H2. The van der Waals surface area contributed by atoms with Gasteiger partial charge in [-0.3, -0.25) is 0 Å². The minimum Gasteiger partial charge on any atom is -0.508 e. The fourth-order valence-electron chi connectivity index (χ4n) is 1.15. The van der Waals surface area contributed by atoms with Crippen molar-refractivity contribution >= 4 is 23.6 Å². The van der Waals surface area contributed by atoms with Crippen molar-refractivity contribution < 1.29 is 9.52 Å². The monoisotopic (exact) mass is 180 g/mol. The summed E-state index contributed by atoms with van der Waals surface area (Å²) in [6, 6.07) is 6.98. The molecule has 1 heterocycles. The van der Waals surface area contributed by atoms with Gasteiger partial charge < -0.3 is 9.52 Å². The zero-order chi connectivity index (χ0) is 8.55. The number of hydrogen-bond acceptors (Lipinski definition) is 3. The lowest BCUT2D eigenvalue weighted by Crippen LogP contribution is -1.63. The zero-order valence-electron chi connectivity index (χ0n) is 6.32. The SMILES string of the molecule is Oc1ccc2cc(CS)oc2c1. The largest absolute Gasteiger partial charge is 0.508 e. The molecule has 0 amide bonds. The fraction of sp³-hybridized carbons (Fsp3) is 0.111. The van der Waals surface area contributed by atoms with Crippen molar-refractivity contribution in [1.29, 1.82) is 0 Å². The van der Waals surface area contributed by atoms with Crippen LogP contribution in [0, 0.1) is 0 Å². The van der Waals surface area contributed by atoms with Crippen LogP contribution in [-0.4, -0.2) is 5.11 Å². The average Bonchev–Trinajstić information content (AvgIpc) is 2.46. The summed E-state index contributed by atoms with van der Waals surface area (Å²) in [5, 5.41) is 10.1. The number of aromatic hydroxyl groups is 1. The summed E-state index contributed by atoms with van der Waals surface area (Å²) < 4.78 is 5.36. The van der Waals surface area contributed by atoms with E-state index in [4.69, 9.17) is 9.52 Å². The molecule has 1 N–H and O–H groups in total. The maximum Gasteiger partial charge on any atom is 0.138 e. The normalized spacial score (nSPS) is 10.8. The Morgan fingerprint density at radius 1 is 1.33 bits per heavy atom. The average molecular weight is 180 g/mol. The lowest BCUT2D eigenvalue weighted by atomic mass is 10.2. The molecule has 3 heteroatoms. The molecule has 0 fully saturated rings. The van der Waals surface area contributed by atoms with E-state index in [0.29, 0.717) is 11.3 Å². The van der Waals surface area contributed by atoms with Gasteiger partial charge in [-0.25, -0.2) is 0 Å². The number of furan rings is 1. The number of hydrogen-bond donors (Lipinski definition) is 2. The van der Waals surface area contributed by atoms with Crippen LogP contribution in [-0.2, 0) is 5.75 Å². The Kier molecular flexibility index (Phi) is 1.73. The first-order valence-corrected chi connectivity index (χ1v) is 4.25. The smallest absolute Gasteiger partial charge is 0.138 e. The van der Waals surface area contributed by atoms with Gasteiger partial charge in [0.15, 0.2) is 0 Å². The highest BCUT2D eigenvalue weighted by Crippen LogP contribution is 2.23.